The smallest absolute Gasteiger partial charge is 0.261 e. The highest BCUT2D eigenvalue weighted by molar-refractivity contribution is 9.10. The fourth-order valence-corrected chi connectivity index (χ4v) is 4.08. The van der Waals surface area contributed by atoms with Crippen LogP contribution in [-0.2, 0) is 22.6 Å². The van der Waals surface area contributed by atoms with E-state index >= 15 is 0 Å². The van der Waals surface area contributed by atoms with Gasteiger partial charge in [0.1, 0.15) is 17.6 Å². The van der Waals surface area contributed by atoms with Crippen molar-refractivity contribution < 1.29 is 18.7 Å². The Balaban J connectivity index is 1.89. The van der Waals surface area contributed by atoms with E-state index in [4.69, 9.17) is 4.74 Å². The predicted octanol–water partition coefficient (Wildman–Crippen LogP) is 5.36. The molecule has 0 heterocycles. The number of hydrogen-bond acceptors (Lipinski definition) is 3. The minimum absolute atomic E-state index is 0.148. The molecule has 0 saturated carbocycles. The van der Waals surface area contributed by atoms with Gasteiger partial charge in [0, 0.05) is 24.0 Å². The maximum absolute atomic E-state index is 13.5. The molecular formula is C28H30BrFN2O3. The van der Waals surface area contributed by atoms with Gasteiger partial charge in [-0.1, -0.05) is 58.4 Å². The predicted molar refractivity (Wildman–Crippen MR) is 139 cm³/mol. The van der Waals surface area contributed by atoms with E-state index in [1.165, 1.54) is 17.0 Å². The molecule has 0 bridgehead atoms. The minimum atomic E-state index is -0.758. The molecule has 2 amide bonds. The van der Waals surface area contributed by atoms with Crippen molar-refractivity contribution in [2.24, 2.45) is 0 Å². The van der Waals surface area contributed by atoms with Crippen LogP contribution < -0.4 is 10.1 Å². The second-order valence-electron chi connectivity index (χ2n) is 8.41. The van der Waals surface area contributed by atoms with E-state index in [-0.39, 0.29) is 30.8 Å². The number of carbonyl (C=O) groups is 2. The largest absolute Gasteiger partial charge is 0.484 e. The van der Waals surface area contributed by atoms with Gasteiger partial charge in [-0.3, -0.25) is 9.59 Å². The standard InChI is InChI=1S/C28H30BrFN2O3/c1-4-31-28(34)25(16-21-8-6-5-7-9-21)32(17-22-10-12-23(30)13-11-22)26(33)18-35-24-14-19(2)27(29)20(3)15-24/h5-15,25H,4,16-18H2,1-3H3,(H,31,34). The molecule has 0 saturated heterocycles. The molecule has 0 radical (unpaired) electrons. The summed E-state index contributed by atoms with van der Waals surface area (Å²) in [5.74, 6) is -0.363. The molecule has 3 rings (SSSR count). The van der Waals surface area contributed by atoms with Crippen LogP contribution in [0.5, 0.6) is 5.75 Å². The second kappa shape index (κ2) is 12.5. The zero-order valence-corrected chi connectivity index (χ0v) is 21.8. The van der Waals surface area contributed by atoms with Crippen LogP contribution in [0.25, 0.3) is 0 Å². The first-order chi connectivity index (χ1) is 16.8. The Labute approximate surface area is 214 Å². The highest BCUT2D eigenvalue weighted by Crippen LogP contribution is 2.26. The quantitative estimate of drug-likeness (QED) is 0.376. The van der Waals surface area contributed by atoms with Gasteiger partial charge in [-0.15, -0.1) is 0 Å². The molecule has 1 atom stereocenters. The molecule has 1 N–H and O–H groups in total. The number of nitrogens with one attached hydrogen (secondary N) is 1. The molecule has 3 aromatic carbocycles. The van der Waals surface area contributed by atoms with Gasteiger partial charge in [-0.25, -0.2) is 4.39 Å². The summed E-state index contributed by atoms with van der Waals surface area (Å²) < 4.78 is 20.3. The van der Waals surface area contributed by atoms with Gasteiger partial charge in [0.25, 0.3) is 5.91 Å². The van der Waals surface area contributed by atoms with E-state index in [1.54, 1.807) is 12.1 Å². The van der Waals surface area contributed by atoms with E-state index in [1.807, 2.05) is 63.2 Å². The molecular weight excluding hydrogens is 511 g/mol. The third-order valence-corrected chi connectivity index (χ3v) is 6.91. The van der Waals surface area contributed by atoms with Crippen LogP contribution in [0, 0.1) is 19.7 Å². The minimum Gasteiger partial charge on any atom is -0.484 e. The van der Waals surface area contributed by atoms with Crippen LogP contribution in [0.1, 0.15) is 29.2 Å². The first-order valence-corrected chi connectivity index (χ1v) is 12.3. The Kier molecular flexibility index (Phi) is 9.43. The highest BCUT2D eigenvalue weighted by Gasteiger charge is 2.30. The lowest BCUT2D eigenvalue weighted by Crippen LogP contribution is -2.51. The van der Waals surface area contributed by atoms with Crippen molar-refractivity contribution in [2.45, 2.75) is 39.8 Å². The Morgan fingerprint density at radius 3 is 2.23 bits per heavy atom. The molecule has 184 valence electrons. The van der Waals surface area contributed by atoms with Crippen molar-refractivity contribution >= 4 is 27.7 Å². The number of ether oxygens (including phenoxy) is 1. The summed E-state index contributed by atoms with van der Waals surface area (Å²) in [6, 6.07) is 18.5. The molecule has 35 heavy (non-hydrogen) atoms. The van der Waals surface area contributed by atoms with Gasteiger partial charge in [0.05, 0.1) is 0 Å². The summed E-state index contributed by atoms with van der Waals surface area (Å²) in [7, 11) is 0. The molecule has 0 aliphatic carbocycles. The number of hydrogen-bond donors (Lipinski definition) is 1. The summed E-state index contributed by atoms with van der Waals surface area (Å²) in [6.45, 7) is 6.11. The van der Waals surface area contributed by atoms with Crippen LogP contribution in [-0.4, -0.2) is 35.9 Å². The number of benzene rings is 3. The summed E-state index contributed by atoms with van der Waals surface area (Å²) in [5, 5.41) is 2.85. The number of likely N-dealkylation sites (N-methyl/N-ethyl adjacent to an activating group) is 1. The van der Waals surface area contributed by atoms with Crippen molar-refractivity contribution in [3.63, 3.8) is 0 Å². The topological polar surface area (TPSA) is 58.6 Å². The Morgan fingerprint density at radius 2 is 1.63 bits per heavy atom. The lowest BCUT2D eigenvalue weighted by molar-refractivity contribution is -0.142. The molecule has 0 aromatic heterocycles. The maximum Gasteiger partial charge on any atom is 0.261 e. The van der Waals surface area contributed by atoms with Gasteiger partial charge in [0.2, 0.25) is 5.91 Å². The van der Waals surface area contributed by atoms with E-state index in [9.17, 15) is 14.0 Å². The van der Waals surface area contributed by atoms with Crippen molar-refractivity contribution in [3.05, 3.63) is 99.3 Å². The van der Waals surface area contributed by atoms with Crippen LogP contribution in [0.3, 0.4) is 0 Å². The summed E-state index contributed by atoms with van der Waals surface area (Å²) in [6.07, 6.45) is 0.343. The third kappa shape index (κ3) is 7.39. The highest BCUT2D eigenvalue weighted by atomic mass is 79.9. The second-order valence-corrected chi connectivity index (χ2v) is 9.20. The van der Waals surface area contributed by atoms with Gasteiger partial charge in [-0.05, 0) is 67.3 Å². The van der Waals surface area contributed by atoms with Crippen LogP contribution in [0.2, 0.25) is 0 Å². The van der Waals surface area contributed by atoms with E-state index < -0.39 is 6.04 Å². The molecule has 3 aromatic rings. The Bertz CT molecular complexity index is 1130. The molecule has 0 fully saturated rings. The van der Waals surface area contributed by atoms with Crippen LogP contribution in [0.4, 0.5) is 4.39 Å². The summed E-state index contributed by atoms with van der Waals surface area (Å²) in [5.41, 5.74) is 3.65. The van der Waals surface area contributed by atoms with Crippen molar-refractivity contribution in [2.75, 3.05) is 13.2 Å². The maximum atomic E-state index is 13.5. The average molecular weight is 541 g/mol. The normalized spacial score (nSPS) is 11.6. The van der Waals surface area contributed by atoms with Gasteiger partial charge in [0.15, 0.2) is 6.61 Å². The van der Waals surface area contributed by atoms with E-state index in [0.717, 1.165) is 26.7 Å². The molecule has 7 heteroatoms. The van der Waals surface area contributed by atoms with Crippen molar-refractivity contribution in [1.82, 2.24) is 10.2 Å². The SMILES string of the molecule is CCNC(=O)C(Cc1ccccc1)N(Cc1ccc(F)cc1)C(=O)COc1cc(C)c(Br)c(C)c1. The lowest BCUT2D eigenvalue weighted by atomic mass is 10.0. The fourth-order valence-electron chi connectivity index (χ4n) is 3.85. The number of halogens is 2. The Hall–Kier alpha value is -3.19. The zero-order valence-electron chi connectivity index (χ0n) is 20.2. The fraction of sp³-hybridized carbons (Fsp3) is 0.286. The summed E-state index contributed by atoms with van der Waals surface area (Å²) >= 11 is 3.54. The monoisotopic (exact) mass is 540 g/mol. The lowest BCUT2D eigenvalue weighted by Gasteiger charge is -2.31. The molecule has 1 unspecified atom stereocenters. The third-order valence-electron chi connectivity index (χ3n) is 5.66. The Morgan fingerprint density at radius 1 is 1.00 bits per heavy atom. The molecule has 0 spiro atoms. The molecule has 0 aliphatic heterocycles. The first-order valence-electron chi connectivity index (χ1n) is 11.5. The van der Waals surface area contributed by atoms with E-state index in [0.29, 0.717) is 18.7 Å². The summed E-state index contributed by atoms with van der Waals surface area (Å²) in [4.78, 5) is 28.1. The van der Waals surface area contributed by atoms with E-state index in [2.05, 4.69) is 21.2 Å². The number of rotatable bonds is 10. The zero-order chi connectivity index (χ0) is 25.4. The number of nitrogens with zero attached hydrogens (tertiary/aromatic N) is 1. The molecule has 5 nitrogen and oxygen atoms in total. The van der Waals surface area contributed by atoms with Gasteiger partial charge < -0.3 is 15.0 Å². The number of aryl methyl sites for hydroxylation is 2. The number of amides is 2. The number of carbonyl (C=O) groups excluding carboxylic acids is 2. The van der Waals surface area contributed by atoms with Crippen molar-refractivity contribution in [3.8, 4) is 5.75 Å². The van der Waals surface area contributed by atoms with Gasteiger partial charge in [-0.2, -0.15) is 0 Å². The average Bonchev–Trinajstić information content (AvgIpc) is 2.85. The van der Waals surface area contributed by atoms with Crippen LogP contribution >= 0.6 is 15.9 Å². The van der Waals surface area contributed by atoms with Crippen LogP contribution in [0.15, 0.2) is 71.2 Å². The van der Waals surface area contributed by atoms with Gasteiger partial charge >= 0.3 is 0 Å². The molecule has 0 aliphatic rings. The van der Waals surface area contributed by atoms with Crippen molar-refractivity contribution in [1.29, 1.82) is 0 Å². The first kappa shape index (κ1) is 26.4.